The third-order valence-corrected chi connectivity index (χ3v) is 3.71. The first-order valence-electron chi connectivity index (χ1n) is 6.89. The van der Waals surface area contributed by atoms with E-state index in [1.165, 1.54) is 11.6 Å². The quantitative estimate of drug-likeness (QED) is 0.902. The highest BCUT2D eigenvalue weighted by molar-refractivity contribution is 5.49. The lowest BCUT2D eigenvalue weighted by Crippen LogP contribution is -2.22. The number of anilines is 1. The van der Waals surface area contributed by atoms with Crippen LogP contribution >= 0.6 is 0 Å². The van der Waals surface area contributed by atoms with Crippen molar-refractivity contribution in [3.05, 3.63) is 65.5 Å². The fraction of sp³-hybridized carbons (Fsp3) is 0.294. The summed E-state index contributed by atoms with van der Waals surface area (Å²) in [6, 6.07) is 15.2. The number of nitrogens with zero attached hydrogens (tertiary/aromatic N) is 1. The van der Waals surface area contributed by atoms with Crippen molar-refractivity contribution in [3.8, 4) is 0 Å². The van der Waals surface area contributed by atoms with Crippen molar-refractivity contribution in [2.75, 3.05) is 18.5 Å². The number of hydrogen-bond donors (Lipinski definition) is 1. The molecule has 2 rings (SSSR count). The summed E-state index contributed by atoms with van der Waals surface area (Å²) in [5.74, 6) is -0.161. The molecular weight excluding hydrogens is 251 g/mol. The number of halogens is 1. The minimum atomic E-state index is -0.161. The van der Waals surface area contributed by atoms with Crippen molar-refractivity contribution < 1.29 is 4.39 Å². The predicted molar refractivity (Wildman–Crippen MR) is 82.4 cm³/mol. The van der Waals surface area contributed by atoms with Gasteiger partial charge in [0.2, 0.25) is 0 Å². The van der Waals surface area contributed by atoms with Crippen LogP contribution in [0.25, 0.3) is 0 Å². The van der Waals surface area contributed by atoms with Gasteiger partial charge in [0.15, 0.2) is 0 Å². The van der Waals surface area contributed by atoms with Crippen molar-refractivity contribution in [1.29, 1.82) is 0 Å². The molecule has 0 aliphatic carbocycles. The fourth-order valence-corrected chi connectivity index (χ4v) is 2.31. The molecule has 0 heterocycles. The van der Waals surface area contributed by atoms with Gasteiger partial charge >= 0.3 is 0 Å². The van der Waals surface area contributed by atoms with E-state index in [-0.39, 0.29) is 11.9 Å². The summed E-state index contributed by atoms with van der Waals surface area (Å²) < 4.78 is 13.8. The van der Waals surface area contributed by atoms with Gasteiger partial charge in [0, 0.05) is 18.3 Å². The van der Waals surface area contributed by atoms with Crippen LogP contribution in [0.5, 0.6) is 0 Å². The van der Waals surface area contributed by atoms with Gasteiger partial charge in [0.1, 0.15) is 5.82 Å². The Bertz CT molecular complexity index is 551. The maximum absolute atomic E-state index is 13.8. The summed E-state index contributed by atoms with van der Waals surface area (Å²) in [5.41, 5.74) is 8.55. The smallest absolute Gasteiger partial charge is 0.128 e. The number of rotatable bonds is 5. The molecule has 0 amide bonds. The lowest BCUT2D eigenvalue weighted by Gasteiger charge is -2.28. The SMILES string of the molecule is CC(c1ccccc1F)N(C)c1ccc(CCN)cc1. The predicted octanol–water partition coefficient (Wildman–Crippen LogP) is 3.52. The Balaban J connectivity index is 2.18. The molecule has 2 N–H and O–H groups in total. The zero-order valence-electron chi connectivity index (χ0n) is 12.0. The minimum absolute atomic E-state index is 0.0171. The maximum atomic E-state index is 13.8. The monoisotopic (exact) mass is 272 g/mol. The van der Waals surface area contributed by atoms with Crippen molar-refractivity contribution in [2.45, 2.75) is 19.4 Å². The number of benzene rings is 2. The second kappa shape index (κ2) is 6.53. The highest BCUT2D eigenvalue weighted by atomic mass is 19.1. The van der Waals surface area contributed by atoms with E-state index in [0.717, 1.165) is 12.1 Å². The molecule has 0 saturated carbocycles. The van der Waals surface area contributed by atoms with Gasteiger partial charge in [0.25, 0.3) is 0 Å². The zero-order valence-corrected chi connectivity index (χ0v) is 12.0. The molecule has 0 spiro atoms. The topological polar surface area (TPSA) is 29.3 Å². The zero-order chi connectivity index (χ0) is 14.5. The molecular formula is C17H21FN2. The molecule has 20 heavy (non-hydrogen) atoms. The van der Waals surface area contributed by atoms with Gasteiger partial charge in [0.05, 0.1) is 6.04 Å². The van der Waals surface area contributed by atoms with E-state index in [2.05, 4.69) is 29.2 Å². The van der Waals surface area contributed by atoms with Crippen LogP contribution in [0.4, 0.5) is 10.1 Å². The summed E-state index contributed by atoms with van der Waals surface area (Å²) >= 11 is 0. The van der Waals surface area contributed by atoms with Crippen LogP contribution in [0.3, 0.4) is 0 Å². The van der Waals surface area contributed by atoms with Crippen LogP contribution in [-0.2, 0) is 6.42 Å². The fourth-order valence-electron chi connectivity index (χ4n) is 2.31. The van der Waals surface area contributed by atoms with Crippen LogP contribution in [0.15, 0.2) is 48.5 Å². The van der Waals surface area contributed by atoms with Crippen molar-refractivity contribution in [1.82, 2.24) is 0 Å². The molecule has 2 nitrogen and oxygen atoms in total. The Hall–Kier alpha value is -1.87. The molecule has 0 fully saturated rings. The molecule has 0 aliphatic heterocycles. The first-order valence-corrected chi connectivity index (χ1v) is 6.89. The first kappa shape index (κ1) is 14.5. The van der Waals surface area contributed by atoms with E-state index in [1.54, 1.807) is 6.07 Å². The third-order valence-electron chi connectivity index (χ3n) is 3.71. The molecule has 0 aliphatic rings. The van der Waals surface area contributed by atoms with E-state index < -0.39 is 0 Å². The Morgan fingerprint density at radius 3 is 2.35 bits per heavy atom. The lowest BCUT2D eigenvalue weighted by atomic mass is 10.1. The van der Waals surface area contributed by atoms with Crippen LogP contribution in [-0.4, -0.2) is 13.6 Å². The van der Waals surface area contributed by atoms with E-state index in [4.69, 9.17) is 5.73 Å². The van der Waals surface area contributed by atoms with Crippen LogP contribution in [0, 0.1) is 5.82 Å². The van der Waals surface area contributed by atoms with Crippen LogP contribution in [0.2, 0.25) is 0 Å². The molecule has 0 saturated heterocycles. The van der Waals surface area contributed by atoms with E-state index in [9.17, 15) is 4.39 Å². The van der Waals surface area contributed by atoms with E-state index >= 15 is 0 Å². The van der Waals surface area contributed by atoms with Crippen LogP contribution < -0.4 is 10.6 Å². The van der Waals surface area contributed by atoms with Gasteiger partial charge in [-0.3, -0.25) is 0 Å². The summed E-state index contributed by atoms with van der Waals surface area (Å²) in [4.78, 5) is 2.07. The van der Waals surface area contributed by atoms with E-state index in [1.807, 2.05) is 26.1 Å². The van der Waals surface area contributed by atoms with Gasteiger partial charge in [-0.15, -0.1) is 0 Å². The Kier molecular flexibility index (Phi) is 4.74. The normalized spacial score (nSPS) is 12.2. The standard InChI is InChI=1S/C17H21FN2/c1-13(16-5-3-4-6-17(16)18)20(2)15-9-7-14(8-10-15)11-12-19/h3-10,13H,11-12,19H2,1-2H3. The number of hydrogen-bond acceptors (Lipinski definition) is 2. The molecule has 0 radical (unpaired) electrons. The van der Waals surface area contributed by atoms with Gasteiger partial charge in [-0.05, 0) is 43.7 Å². The third kappa shape index (κ3) is 3.17. The molecule has 2 aromatic carbocycles. The average molecular weight is 272 g/mol. The summed E-state index contributed by atoms with van der Waals surface area (Å²) in [5, 5.41) is 0. The second-order valence-corrected chi connectivity index (χ2v) is 5.01. The molecule has 106 valence electrons. The molecule has 1 unspecified atom stereocenters. The Morgan fingerprint density at radius 1 is 1.10 bits per heavy atom. The molecule has 3 heteroatoms. The van der Waals surface area contributed by atoms with Gasteiger partial charge in [-0.2, -0.15) is 0 Å². The van der Waals surface area contributed by atoms with Crippen molar-refractivity contribution >= 4 is 5.69 Å². The summed E-state index contributed by atoms with van der Waals surface area (Å²) in [7, 11) is 1.98. The Morgan fingerprint density at radius 2 is 1.75 bits per heavy atom. The first-order chi connectivity index (χ1) is 9.63. The molecule has 0 bridgehead atoms. The maximum Gasteiger partial charge on any atom is 0.128 e. The number of nitrogens with two attached hydrogens (primary N) is 1. The van der Waals surface area contributed by atoms with Crippen molar-refractivity contribution in [3.63, 3.8) is 0 Å². The molecule has 0 aromatic heterocycles. The van der Waals surface area contributed by atoms with Crippen LogP contribution in [0.1, 0.15) is 24.1 Å². The Labute approximate surface area is 120 Å². The molecule has 2 aromatic rings. The van der Waals surface area contributed by atoms with E-state index in [0.29, 0.717) is 12.1 Å². The minimum Gasteiger partial charge on any atom is -0.368 e. The lowest BCUT2D eigenvalue weighted by molar-refractivity contribution is 0.585. The molecule has 1 atom stereocenters. The highest BCUT2D eigenvalue weighted by Gasteiger charge is 2.15. The van der Waals surface area contributed by atoms with Gasteiger partial charge in [-0.1, -0.05) is 30.3 Å². The largest absolute Gasteiger partial charge is 0.368 e. The van der Waals surface area contributed by atoms with Gasteiger partial charge in [-0.25, -0.2) is 4.39 Å². The summed E-state index contributed by atoms with van der Waals surface area (Å²) in [6.07, 6.45) is 0.882. The second-order valence-electron chi connectivity index (χ2n) is 5.01. The highest BCUT2D eigenvalue weighted by Crippen LogP contribution is 2.27. The average Bonchev–Trinajstić information content (AvgIpc) is 2.47. The van der Waals surface area contributed by atoms with Gasteiger partial charge < -0.3 is 10.6 Å². The summed E-state index contributed by atoms with van der Waals surface area (Å²) in [6.45, 7) is 2.66. The van der Waals surface area contributed by atoms with Crippen molar-refractivity contribution in [2.24, 2.45) is 5.73 Å².